The number of nitrogens with one attached hydrogen (secondary N) is 1. The van der Waals surface area contributed by atoms with Crippen LogP contribution < -0.4 is 5.32 Å². The van der Waals surface area contributed by atoms with Gasteiger partial charge >= 0.3 is 0 Å². The minimum atomic E-state index is 0.289. The van der Waals surface area contributed by atoms with Crippen LogP contribution in [0.25, 0.3) is 0 Å². The second kappa shape index (κ2) is 6.19. The summed E-state index contributed by atoms with van der Waals surface area (Å²) in [5, 5.41) is 3.84. The zero-order valence-electron chi connectivity index (χ0n) is 12.5. The van der Waals surface area contributed by atoms with Gasteiger partial charge in [0.15, 0.2) is 0 Å². The summed E-state index contributed by atoms with van der Waals surface area (Å²) >= 11 is 0. The van der Waals surface area contributed by atoms with Gasteiger partial charge in [-0.1, -0.05) is 41.0 Å². The van der Waals surface area contributed by atoms with Crippen LogP contribution in [0.2, 0.25) is 0 Å². The van der Waals surface area contributed by atoms with Crippen molar-refractivity contribution in [1.29, 1.82) is 0 Å². The molecule has 0 saturated heterocycles. The lowest BCUT2D eigenvalue weighted by Crippen LogP contribution is -2.62. The molecule has 1 N–H and O–H groups in total. The molecule has 0 aromatic heterocycles. The van der Waals surface area contributed by atoms with E-state index in [2.05, 4.69) is 39.9 Å². The summed E-state index contributed by atoms with van der Waals surface area (Å²) in [7, 11) is 1.83. The van der Waals surface area contributed by atoms with Crippen LogP contribution >= 0.6 is 0 Å². The summed E-state index contributed by atoms with van der Waals surface area (Å²) < 4.78 is 5.51. The zero-order valence-corrected chi connectivity index (χ0v) is 12.5. The van der Waals surface area contributed by atoms with Crippen molar-refractivity contribution in [2.24, 2.45) is 11.3 Å². The number of methoxy groups -OCH3 is 1. The van der Waals surface area contributed by atoms with Crippen LogP contribution in [0.4, 0.5) is 0 Å². The van der Waals surface area contributed by atoms with Crippen molar-refractivity contribution in [3.63, 3.8) is 0 Å². The van der Waals surface area contributed by atoms with E-state index in [0.717, 1.165) is 5.92 Å². The van der Waals surface area contributed by atoms with Crippen LogP contribution in [-0.4, -0.2) is 25.3 Å². The molecule has 4 atom stereocenters. The molecule has 1 aliphatic rings. The molecule has 17 heavy (non-hydrogen) atoms. The molecular weight excluding hydrogens is 210 g/mol. The van der Waals surface area contributed by atoms with Crippen LogP contribution in [0.15, 0.2) is 0 Å². The second-order valence-corrected chi connectivity index (χ2v) is 6.35. The molecule has 0 radical (unpaired) electrons. The molecule has 102 valence electrons. The molecule has 0 aliphatic heterocycles. The Balaban J connectivity index is 2.42. The van der Waals surface area contributed by atoms with Crippen molar-refractivity contribution in [3.8, 4) is 0 Å². The number of rotatable bonds is 7. The third kappa shape index (κ3) is 3.45. The molecule has 0 heterocycles. The fourth-order valence-electron chi connectivity index (χ4n) is 2.86. The first kappa shape index (κ1) is 15.0. The highest BCUT2D eigenvalue weighted by atomic mass is 16.5. The monoisotopic (exact) mass is 241 g/mol. The largest absolute Gasteiger partial charge is 0.381 e. The van der Waals surface area contributed by atoms with Crippen LogP contribution in [0.3, 0.4) is 0 Å². The Hall–Kier alpha value is -0.0800. The molecule has 0 aromatic rings. The predicted octanol–water partition coefficient (Wildman–Crippen LogP) is 3.60. The number of ether oxygens (including phenoxy) is 1. The Morgan fingerprint density at radius 2 is 1.94 bits per heavy atom. The van der Waals surface area contributed by atoms with Crippen molar-refractivity contribution in [1.82, 2.24) is 5.32 Å². The van der Waals surface area contributed by atoms with Crippen LogP contribution in [0, 0.1) is 11.3 Å². The van der Waals surface area contributed by atoms with Gasteiger partial charge in [0.2, 0.25) is 0 Å². The van der Waals surface area contributed by atoms with Crippen molar-refractivity contribution in [2.45, 2.75) is 78.5 Å². The Morgan fingerprint density at radius 1 is 1.29 bits per heavy atom. The Bertz CT molecular complexity index is 227. The molecular formula is C15H31NO. The Morgan fingerprint density at radius 3 is 2.35 bits per heavy atom. The second-order valence-electron chi connectivity index (χ2n) is 6.35. The third-order valence-corrected chi connectivity index (χ3v) is 4.78. The van der Waals surface area contributed by atoms with E-state index in [9.17, 15) is 0 Å². The van der Waals surface area contributed by atoms with Crippen molar-refractivity contribution in [2.75, 3.05) is 7.11 Å². The van der Waals surface area contributed by atoms with E-state index in [1.54, 1.807) is 0 Å². The fourth-order valence-corrected chi connectivity index (χ4v) is 2.86. The first-order valence-corrected chi connectivity index (χ1v) is 7.24. The van der Waals surface area contributed by atoms with E-state index in [1.807, 2.05) is 7.11 Å². The summed E-state index contributed by atoms with van der Waals surface area (Å²) in [6, 6.07) is 1.30. The van der Waals surface area contributed by atoms with Gasteiger partial charge in [0.05, 0.1) is 6.10 Å². The average molecular weight is 241 g/mol. The number of hydrogen-bond donors (Lipinski definition) is 1. The van der Waals surface area contributed by atoms with E-state index in [0.29, 0.717) is 18.2 Å². The molecule has 0 bridgehead atoms. The maximum Gasteiger partial charge on any atom is 0.0652 e. The highest BCUT2D eigenvalue weighted by molar-refractivity contribution is 5.03. The topological polar surface area (TPSA) is 21.3 Å². The van der Waals surface area contributed by atoms with E-state index < -0.39 is 0 Å². The molecule has 1 aliphatic carbocycles. The molecule has 1 rings (SSSR count). The molecule has 1 fully saturated rings. The highest BCUT2D eigenvalue weighted by Crippen LogP contribution is 2.42. The van der Waals surface area contributed by atoms with Crippen molar-refractivity contribution in [3.05, 3.63) is 0 Å². The molecule has 0 spiro atoms. The van der Waals surface area contributed by atoms with Gasteiger partial charge in [0.25, 0.3) is 0 Å². The normalized spacial score (nSPS) is 30.7. The molecule has 2 heteroatoms. The van der Waals surface area contributed by atoms with Gasteiger partial charge in [-0.25, -0.2) is 0 Å². The molecule has 2 nitrogen and oxygen atoms in total. The van der Waals surface area contributed by atoms with Crippen LogP contribution in [0.1, 0.15) is 60.3 Å². The maximum absolute atomic E-state index is 5.51. The van der Waals surface area contributed by atoms with Gasteiger partial charge in [0.1, 0.15) is 0 Å². The van der Waals surface area contributed by atoms with Crippen molar-refractivity contribution < 1.29 is 4.74 Å². The van der Waals surface area contributed by atoms with Crippen LogP contribution in [0.5, 0.6) is 0 Å². The third-order valence-electron chi connectivity index (χ3n) is 4.78. The van der Waals surface area contributed by atoms with Gasteiger partial charge in [-0.05, 0) is 25.2 Å². The first-order valence-electron chi connectivity index (χ1n) is 7.24. The van der Waals surface area contributed by atoms with E-state index in [1.165, 1.54) is 25.7 Å². The standard InChI is InChI=1S/C15H31NO/c1-7-11(3)9-12(8-2)16-13-10-14(17-6)15(13,4)5/h11-14,16H,7-10H2,1-6H3. The maximum atomic E-state index is 5.51. The first-order chi connectivity index (χ1) is 7.95. The molecule has 1 saturated carbocycles. The Kier molecular flexibility index (Phi) is 5.46. The van der Waals surface area contributed by atoms with Gasteiger partial charge in [0, 0.05) is 24.6 Å². The smallest absolute Gasteiger partial charge is 0.0652 e. The summed E-state index contributed by atoms with van der Waals surface area (Å²) in [6.07, 6.45) is 5.42. The molecule has 4 unspecified atom stereocenters. The fraction of sp³-hybridized carbons (Fsp3) is 1.00. The molecule has 0 aromatic carbocycles. The van der Waals surface area contributed by atoms with Crippen molar-refractivity contribution >= 4 is 0 Å². The zero-order chi connectivity index (χ0) is 13.1. The van der Waals surface area contributed by atoms with E-state index in [4.69, 9.17) is 4.74 Å². The minimum Gasteiger partial charge on any atom is -0.381 e. The summed E-state index contributed by atoms with van der Waals surface area (Å²) in [4.78, 5) is 0. The minimum absolute atomic E-state index is 0.289. The highest BCUT2D eigenvalue weighted by Gasteiger charge is 2.48. The van der Waals surface area contributed by atoms with Crippen LogP contribution in [-0.2, 0) is 4.74 Å². The lowest BCUT2D eigenvalue weighted by atomic mass is 9.64. The average Bonchev–Trinajstić information content (AvgIpc) is 2.31. The number of hydrogen-bond acceptors (Lipinski definition) is 2. The summed E-state index contributed by atoms with van der Waals surface area (Å²) in [5.74, 6) is 0.828. The quantitative estimate of drug-likeness (QED) is 0.735. The lowest BCUT2D eigenvalue weighted by molar-refractivity contribution is -0.101. The SMILES string of the molecule is CCC(C)CC(CC)NC1CC(OC)C1(C)C. The van der Waals surface area contributed by atoms with E-state index in [-0.39, 0.29) is 5.41 Å². The molecule has 0 amide bonds. The lowest BCUT2D eigenvalue weighted by Gasteiger charge is -2.52. The van der Waals surface area contributed by atoms with Gasteiger partial charge < -0.3 is 10.1 Å². The van der Waals surface area contributed by atoms with Gasteiger partial charge in [-0.2, -0.15) is 0 Å². The Labute approximate surface area is 108 Å². The van der Waals surface area contributed by atoms with Gasteiger partial charge in [-0.3, -0.25) is 0 Å². The summed E-state index contributed by atoms with van der Waals surface area (Å²) in [6.45, 7) is 11.6. The summed E-state index contributed by atoms with van der Waals surface area (Å²) in [5.41, 5.74) is 0.289. The van der Waals surface area contributed by atoms with Gasteiger partial charge in [-0.15, -0.1) is 0 Å². The predicted molar refractivity (Wildman–Crippen MR) is 74.3 cm³/mol. The van der Waals surface area contributed by atoms with E-state index >= 15 is 0 Å².